The van der Waals surface area contributed by atoms with Crippen molar-refractivity contribution < 1.29 is 9.53 Å². The fourth-order valence-electron chi connectivity index (χ4n) is 4.03. The summed E-state index contributed by atoms with van der Waals surface area (Å²) in [5, 5.41) is 4.53. The number of likely N-dealkylation sites (tertiary alicyclic amines) is 1. The van der Waals surface area contributed by atoms with Gasteiger partial charge in [-0.05, 0) is 44.5 Å². The van der Waals surface area contributed by atoms with E-state index in [2.05, 4.69) is 35.3 Å². The van der Waals surface area contributed by atoms with E-state index in [0.29, 0.717) is 19.1 Å². The van der Waals surface area contributed by atoms with E-state index in [1.165, 1.54) is 11.1 Å². The minimum Gasteiger partial charge on any atom is -0.378 e. The Morgan fingerprint density at radius 2 is 1.89 bits per heavy atom. The van der Waals surface area contributed by atoms with Crippen LogP contribution in [-0.2, 0) is 16.1 Å². The van der Waals surface area contributed by atoms with Gasteiger partial charge in [0, 0.05) is 37.3 Å². The van der Waals surface area contributed by atoms with Crippen molar-refractivity contribution >= 4 is 5.91 Å². The summed E-state index contributed by atoms with van der Waals surface area (Å²) < 4.78 is 7.31. The van der Waals surface area contributed by atoms with Crippen LogP contribution < -0.4 is 0 Å². The van der Waals surface area contributed by atoms with Crippen LogP contribution in [0.1, 0.15) is 24.0 Å². The first-order chi connectivity index (χ1) is 13.2. The molecule has 6 heteroatoms. The van der Waals surface area contributed by atoms with E-state index in [1.54, 1.807) is 0 Å². The Morgan fingerprint density at radius 1 is 1.15 bits per heavy atom. The Balaban J connectivity index is 1.31. The van der Waals surface area contributed by atoms with Crippen LogP contribution in [0.25, 0.3) is 5.69 Å². The number of carbonyl (C=O) groups is 1. The first-order valence-corrected chi connectivity index (χ1v) is 9.89. The van der Waals surface area contributed by atoms with Crippen molar-refractivity contribution in [1.29, 1.82) is 0 Å². The van der Waals surface area contributed by atoms with Gasteiger partial charge in [0.05, 0.1) is 25.1 Å². The molecule has 3 heterocycles. The number of ether oxygens (including phenoxy) is 1. The summed E-state index contributed by atoms with van der Waals surface area (Å²) in [5.41, 5.74) is 3.56. The third-order valence-corrected chi connectivity index (χ3v) is 5.66. The Hall–Kier alpha value is -2.18. The Morgan fingerprint density at radius 3 is 2.63 bits per heavy atom. The first-order valence-electron chi connectivity index (χ1n) is 9.89. The average molecular weight is 368 g/mol. The van der Waals surface area contributed by atoms with Crippen molar-refractivity contribution in [2.45, 2.75) is 26.3 Å². The molecule has 27 heavy (non-hydrogen) atoms. The van der Waals surface area contributed by atoms with E-state index < -0.39 is 0 Å². The highest BCUT2D eigenvalue weighted by Gasteiger charge is 2.29. The highest BCUT2D eigenvalue weighted by molar-refractivity contribution is 5.79. The Kier molecular flexibility index (Phi) is 5.55. The topological polar surface area (TPSA) is 50.6 Å². The Labute approximate surface area is 160 Å². The average Bonchev–Trinajstić information content (AvgIpc) is 3.17. The third kappa shape index (κ3) is 4.22. The van der Waals surface area contributed by atoms with Crippen molar-refractivity contribution in [3.8, 4) is 5.69 Å². The zero-order chi connectivity index (χ0) is 18.6. The lowest BCUT2D eigenvalue weighted by atomic mass is 9.95. The minimum absolute atomic E-state index is 0.175. The van der Waals surface area contributed by atoms with Gasteiger partial charge in [-0.2, -0.15) is 5.10 Å². The summed E-state index contributed by atoms with van der Waals surface area (Å²) in [6.07, 6.45) is 5.97. The number of aromatic nitrogens is 2. The number of aryl methyl sites for hydroxylation is 1. The maximum atomic E-state index is 12.6. The molecule has 0 unspecified atom stereocenters. The van der Waals surface area contributed by atoms with Crippen molar-refractivity contribution in [3.05, 3.63) is 47.8 Å². The van der Waals surface area contributed by atoms with Crippen LogP contribution in [0.5, 0.6) is 0 Å². The molecule has 1 amide bonds. The number of para-hydroxylation sites is 1. The molecule has 0 radical (unpaired) electrons. The summed E-state index contributed by atoms with van der Waals surface area (Å²) in [5.74, 6) is 0.499. The number of carbonyl (C=O) groups excluding carboxylic acids is 1. The number of rotatable bonds is 4. The van der Waals surface area contributed by atoms with Crippen molar-refractivity contribution in [2.75, 3.05) is 39.4 Å². The number of nitrogens with zero attached hydrogens (tertiary/aromatic N) is 4. The third-order valence-electron chi connectivity index (χ3n) is 5.66. The van der Waals surface area contributed by atoms with E-state index in [9.17, 15) is 4.79 Å². The van der Waals surface area contributed by atoms with Gasteiger partial charge in [0.15, 0.2) is 0 Å². The molecule has 1 aromatic heterocycles. The van der Waals surface area contributed by atoms with E-state index in [1.807, 2.05) is 27.9 Å². The molecule has 0 atom stereocenters. The number of hydrogen-bond donors (Lipinski definition) is 0. The lowest BCUT2D eigenvalue weighted by molar-refractivity contribution is -0.141. The summed E-state index contributed by atoms with van der Waals surface area (Å²) >= 11 is 0. The van der Waals surface area contributed by atoms with Crippen molar-refractivity contribution in [1.82, 2.24) is 19.6 Å². The second-order valence-corrected chi connectivity index (χ2v) is 7.57. The number of benzene rings is 1. The maximum Gasteiger partial charge on any atom is 0.225 e. The number of amides is 1. The SMILES string of the molecule is Cc1ccccc1-n1cc(CN2CCC(C(=O)N3CCOCC3)CC2)cn1. The molecular weight excluding hydrogens is 340 g/mol. The molecule has 0 N–H and O–H groups in total. The smallest absolute Gasteiger partial charge is 0.225 e. The van der Waals surface area contributed by atoms with E-state index in [-0.39, 0.29) is 5.92 Å². The molecule has 6 nitrogen and oxygen atoms in total. The maximum absolute atomic E-state index is 12.6. The largest absolute Gasteiger partial charge is 0.378 e. The molecule has 4 rings (SSSR count). The van der Waals surface area contributed by atoms with Gasteiger partial charge in [0.2, 0.25) is 5.91 Å². The van der Waals surface area contributed by atoms with Crippen LogP contribution in [0.2, 0.25) is 0 Å². The van der Waals surface area contributed by atoms with Crippen LogP contribution in [0, 0.1) is 12.8 Å². The monoisotopic (exact) mass is 368 g/mol. The van der Waals surface area contributed by atoms with Gasteiger partial charge in [0.25, 0.3) is 0 Å². The van der Waals surface area contributed by atoms with E-state index in [0.717, 1.165) is 51.3 Å². The molecule has 2 fully saturated rings. The highest BCUT2D eigenvalue weighted by atomic mass is 16.5. The second-order valence-electron chi connectivity index (χ2n) is 7.57. The number of hydrogen-bond acceptors (Lipinski definition) is 4. The fraction of sp³-hybridized carbons (Fsp3) is 0.524. The summed E-state index contributed by atoms with van der Waals surface area (Å²) in [7, 11) is 0. The summed E-state index contributed by atoms with van der Waals surface area (Å²) in [6, 6.07) is 8.29. The highest BCUT2D eigenvalue weighted by Crippen LogP contribution is 2.22. The molecule has 2 aliphatic rings. The van der Waals surface area contributed by atoms with Gasteiger partial charge in [-0.3, -0.25) is 9.69 Å². The van der Waals surface area contributed by atoms with Crippen molar-refractivity contribution in [3.63, 3.8) is 0 Å². The lowest BCUT2D eigenvalue weighted by Gasteiger charge is -2.35. The quantitative estimate of drug-likeness (QED) is 0.831. The standard InChI is InChI=1S/C21H28N4O2/c1-17-4-2-3-5-20(17)25-16-18(14-22-25)15-23-8-6-19(7-9-23)21(26)24-10-12-27-13-11-24/h2-5,14,16,19H,6-13,15H2,1H3. The molecule has 2 aromatic rings. The molecule has 2 aliphatic heterocycles. The molecule has 144 valence electrons. The Bertz CT molecular complexity index is 774. The summed E-state index contributed by atoms with van der Waals surface area (Å²) in [4.78, 5) is 17.1. The van der Waals surface area contributed by atoms with Crippen LogP contribution in [0.3, 0.4) is 0 Å². The van der Waals surface area contributed by atoms with Crippen LogP contribution in [0.4, 0.5) is 0 Å². The molecule has 1 aromatic carbocycles. The first kappa shape index (κ1) is 18.2. The molecule has 0 bridgehead atoms. The molecule has 0 saturated carbocycles. The fourth-order valence-corrected chi connectivity index (χ4v) is 4.03. The van der Waals surface area contributed by atoms with E-state index >= 15 is 0 Å². The predicted molar refractivity (Wildman–Crippen MR) is 104 cm³/mol. The van der Waals surface area contributed by atoms with Gasteiger partial charge < -0.3 is 9.64 Å². The van der Waals surface area contributed by atoms with Gasteiger partial charge >= 0.3 is 0 Å². The molecule has 2 saturated heterocycles. The summed E-state index contributed by atoms with van der Waals surface area (Å²) in [6.45, 7) is 7.78. The number of morpholine rings is 1. The molecular formula is C21H28N4O2. The van der Waals surface area contributed by atoms with Crippen LogP contribution >= 0.6 is 0 Å². The lowest BCUT2D eigenvalue weighted by Crippen LogP contribution is -2.46. The van der Waals surface area contributed by atoms with Crippen molar-refractivity contribution in [2.24, 2.45) is 5.92 Å². The van der Waals surface area contributed by atoms with Crippen LogP contribution in [-0.4, -0.2) is 64.9 Å². The van der Waals surface area contributed by atoms with Gasteiger partial charge in [-0.15, -0.1) is 0 Å². The molecule has 0 spiro atoms. The zero-order valence-corrected chi connectivity index (χ0v) is 16.0. The predicted octanol–water partition coefficient (Wildman–Crippen LogP) is 2.25. The number of piperidine rings is 1. The van der Waals surface area contributed by atoms with Gasteiger partial charge in [-0.25, -0.2) is 4.68 Å². The van der Waals surface area contributed by atoms with Crippen LogP contribution in [0.15, 0.2) is 36.7 Å². The van der Waals surface area contributed by atoms with Gasteiger partial charge in [0.1, 0.15) is 0 Å². The molecule has 0 aliphatic carbocycles. The zero-order valence-electron chi connectivity index (χ0n) is 16.0. The normalized spacial score (nSPS) is 19.4. The second kappa shape index (κ2) is 8.23. The minimum atomic E-state index is 0.175. The van der Waals surface area contributed by atoms with Gasteiger partial charge in [-0.1, -0.05) is 18.2 Å². The van der Waals surface area contributed by atoms with E-state index in [4.69, 9.17) is 4.74 Å².